The van der Waals surface area contributed by atoms with Crippen LogP contribution >= 0.6 is 0 Å². The van der Waals surface area contributed by atoms with Gasteiger partial charge in [-0.05, 0) is 104 Å². The Balaban J connectivity index is 0.00000630. The number of benzene rings is 6. The Morgan fingerprint density at radius 3 is 1.89 bits per heavy atom. The van der Waals surface area contributed by atoms with E-state index in [1.165, 1.54) is 0 Å². The van der Waals surface area contributed by atoms with Crippen LogP contribution in [0.25, 0.3) is 72.7 Å². The average Bonchev–Trinajstić information content (AvgIpc) is 3.65. The zero-order chi connectivity index (χ0) is 45.9. The summed E-state index contributed by atoms with van der Waals surface area (Å²) < 4.78 is 20.3. The monoisotopic (exact) mass is 1010 g/mol. The number of fused-ring (bicyclic) bond motifs is 1. The first-order valence-electron chi connectivity index (χ1n) is 22.9. The van der Waals surface area contributed by atoms with Crippen LogP contribution in [0, 0.1) is 6.07 Å². The van der Waals surface area contributed by atoms with Gasteiger partial charge in [0.1, 0.15) is 11.6 Å². The normalized spacial score (nSPS) is 12.7. The maximum Gasteiger partial charge on any atom is 0.148 e. The van der Waals surface area contributed by atoms with Crippen molar-refractivity contribution >= 4 is 11.0 Å². The number of pyridine rings is 1. The Morgan fingerprint density at radius 1 is 0.619 bits per heavy atom. The van der Waals surface area contributed by atoms with Crippen LogP contribution in [0.3, 0.4) is 0 Å². The summed E-state index contributed by atoms with van der Waals surface area (Å²) >= 11 is 0. The summed E-state index contributed by atoms with van der Waals surface area (Å²) in [5, 5.41) is 12.2. The van der Waals surface area contributed by atoms with Gasteiger partial charge >= 0.3 is 0 Å². The molecule has 8 rings (SSSR count). The van der Waals surface area contributed by atoms with E-state index in [-0.39, 0.29) is 44.1 Å². The first kappa shape index (κ1) is 42.7. The molecular weight excluding hydrogens is 950 g/mol. The van der Waals surface area contributed by atoms with Crippen LogP contribution < -0.4 is 0 Å². The van der Waals surface area contributed by atoms with E-state index in [1.54, 1.807) is 0 Å². The van der Waals surface area contributed by atoms with Crippen LogP contribution in [0.5, 0.6) is 5.75 Å². The van der Waals surface area contributed by atoms with Gasteiger partial charge in [-0.1, -0.05) is 172 Å². The van der Waals surface area contributed by atoms with Crippen LogP contribution in [0.15, 0.2) is 134 Å². The van der Waals surface area contributed by atoms with Crippen molar-refractivity contribution in [3.63, 3.8) is 0 Å². The molecule has 0 fully saturated rings. The van der Waals surface area contributed by atoms with Crippen molar-refractivity contribution in [3.05, 3.63) is 167 Å². The van der Waals surface area contributed by atoms with Crippen LogP contribution in [-0.4, -0.2) is 19.6 Å². The van der Waals surface area contributed by atoms with Gasteiger partial charge in [0.25, 0.3) is 0 Å². The van der Waals surface area contributed by atoms with Gasteiger partial charge in [-0.25, -0.2) is 4.98 Å². The molecule has 0 saturated heterocycles. The number of phenols is 1. The van der Waals surface area contributed by atoms with Crippen LogP contribution in [-0.2, 0) is 26.5 Å². The van der Waals surface area contributed by atoms with E-state index in [0.29, 0.717) is 11.4 Å². The molecule has 0 aliphatic heterocycles. The number of hydrogen-bond acceptors (Lipinski definition) is 3. The van der Waals surface area contributed by atoms with Crippen molar-refractivity contribution in [1.82, 2.24) is 14.5 Å². The van der Waals surface area contributed by atoms with Gasteiger partial charge in [0.15, 0.2) is 0 Å². The fourth-order valence-electron chi connectivity index (χ4n) is 8.53. The molecule has 0 aliphatic rings. The molecule has 2 aromatic heterocycles. The largest absolute Gasteiger partial charge is 0.507 e. The van der Waals surface area contributed by atoms with Gasteiger partial charge in [0.2, 0.25) is 0 Å². The molecule has 1 N–H and O–H groups in total. The molecule has 5 heteroatoms. The van der Waals surface area contributed by atoms with E-state index in [1.807, 2.05) is 64.2 Å². The van der Waals surface area contributed by atoms with E-state index < -0.39 is 11.8 Å². The van der Waals surface area contributed by atoms with Crippen LogP contribution in [0.1, 0.15) is 130 Å². The van der Waals surface area contributed by atoms with E-state index in [9.17, 15) is 5.11 Å². The minimum absolute atomic E-state index is 0. The number of aromatic nitrogens is 3. The number of nitrogens with zero attached hydrogens (tertiary/aromatic N) is 3. The maximum absolute atomic E-state index is 12.2. The molecule has 0 saturated carbocycles. The molecule has 4 nitrogen and oxygen atoms in total. The number of hydrogen-bond donors (Lipinski definition) is 1. The second-order valence-electron chi connectivity index (χ2n) is 18.8. The number of rotatable bonds is 10. The topological polar surface area (TPSA) is 50.9 Å². The molecule has 0 unspecified atom stereocenters. The molecule has 2 heterocycles. The van der Waals surface area contributed by atoms with Gasteiger partial charge in [0, 0.05) is 41.4 Å². The third kappa shape index (κ3) is 8.98. The number of phenolic OH excluding ortho intramolecular Hbond substituents is 1. The Kier molecular flexibility index (Phi) is 12.4. The van der Waals surface area contributed by atoms with Gasteiger partial charge < -0.3 is 5.11 Å². The first-order chi connectivity index (χ1) is 30.2. The maximum atomic E-state index is 12.2. The summed E-state index contributed by atoms with van der Waals surface area (Å²) in [6, 6.07) is 47.7. The van der Waals surface area contributed by atoms with Gasteiger partial charge in [-0.15, -0.1) is 29.3 Å². The molecule has 0 atom stereocenters. The van der Waals surface area contributed by atoms with Gasteiger partial charge in [-0.2, -0.15) is 0 Å². The molecule has 324 valence electrons. The molecule has 0 aliphatic carbocycles. The van der Waals surface area contributed by atoms with Crippen molar-refractivity contribution in [2.45, 2.75) is 105 Å². The summed E-state index contributed by atoms with van der Waals surface area (Å²) in [4.78, 5) is 10.4. The molecule has 63 heavy (non-hydrogen) atoms. The van der Waals surface area contributed by atoms with Crippen LogP contribution in [0.2, 0.25) is 0 Å². The Hall–Kier alpha value is -5.57. The third-order valence-electron chi connectivity index (χ3n) is 12.1. The summed E-state index contributed by atoms with van der Waals surface area (Å²) in [5.74, 6) is -0.575. The fourth-order valence-corrected chi connectivity index (χ4v) is 8.53. The molecular formula is C58H60N3OPt-. The second kappa shape index (κ2) is 18.3. The van der Waals surface area contributed by atoms with E-state index in [0.717, 1.165) is 89.2 Å². The minimum atomic E-state index is -0.881. The predicted octanol–water partition coefficient (Wildman–Crippen LogP) is 16.0. The zero-order valence-corrected chi connectivity index (χ0v) is 40.7. The summed E-state index contributed by atoms with van der Waals surface area (Å²) in [6.45, 7) is 22.9. The second-order valence-corrected chi connectivity index (χ2v) is 18.8. The minimum Gasteiger partial charge on any atom is -0.507 e. The Labute approximate surface area is 392 Å². The van der Waals surface area contributed by atoms with Gasteiger partial charge in [0.05, 0.1) is 16.6 Å². The zero-order valence-electron chi connectivity index (χ0n) is 40.5. The predicted molar refractivity (Wildman–Crippen MR) is 262 cm³/mol. The van der Waals surface area contributed by atoms with Crippen molar-refractivity contribution in [2.24, 2.45) is 0 Å². The van der Waals surface area contributed by atoms with Crippen molar-refractivity contribution < 1.29 is 28.9 Å². The third-order valence-corrected chi connectivity index (χ3v) is 12.1. The molecule has 0 amide bonds. The molecule has 0 bridgehead atoms. The smallest absolute Gasteiger partial charge is 0.148 e. The van der Waals surface area contributed by atoms with E-state index in [2.05, 4.69) is 156 Å². The standard InChI is InChI=1S/C58H60N3O.Pt/c1-35(2)42-32-50(38(7)8)56(62)51(33-42)57-60-55-49(43-29-44(31-45(30-43)58(9,10)11)52-34-41(27-28-59-52)39-17-13-12-14-18-39)21-16-22-53(55)61(57)46-25-23-40(24-26-46)54-47(36(3)4)19-15-20-48(54)37(5)6;/h12-28,30-38,62H,1-11H3;/q-1;/i36D,37D;. The fraction of sp³-hybridized carbons (Fsp3) is 0.276. The summed E-state index contributed by atoms with van der Waals surface area (Å²) in [6.07, 6.45) is 1.87. The quantitative estimate of drug-likeness (QED) is 0.139. The summed E-state index contributed by atoms with van der Waals surface area (Å²) in [5.41, 5.74) is 15.7. The molecule has 0 spiro atoms. The van der Waals surface area contributed by atoms with Crippen LogP contribution in [0.4, 0.5) is 0 Å². The average molecular weight is 1010 g/mol. The number of imidazole rings is 1. The first-order valence-corrected chi connectivity index (χ1v) is 21.9. The van der Waals surface area contributed by atoms with Crippen molar-refractivity contribution in [1.29, 1.82) is 0 Å². The van der Waals surface area contributed by atoms with Crippen molar-refractivity contribution in [3.8, 4) is 67.5 Å². The summed E-state index contributed by atoms with van der Waals surface area (Å²) in [7, 11) is 0. The van der Waals surface area contributed by atoms with E-state index in [4.69, 9.17) is 12.7 Å². The molecule has 8 aromatic rings. The van der Waals surface area contributed by atoms with Crippen molar-refractivity contribution in [2.75, 3.05) is 0 Å². The van der Waals surface area contributed by atoms with Gasteiger partial charge in [-0.3, -0.25) is 9.55 Å². The molecule has 0 radical (unpaired) electrons. The Bertz CT molecular complexity index is 2970. The number of aromatic hydroxyl groups is 1. The molecule has 6 aromatic carbocycles. The Morgan fingerprint density at radius 2 is 1.27 bits per heavy atom. The SMILES string of the molecule is [2H]C(C)(C)c1cccc(C([2H])(C)C)c1-c1ccc(-n2c(-c3cc(C(C)C)cc(C(C)C)c3O)nc3c(-c4[c-]c(-c5cc(-c6ccccc6)ccn5)cc(C(C)(C)C)c4)cccc32)cc1.[Pt]. The number of para-hydroxylation sites is 1. The van der Waals surface area contributed by atoms with E-state index >= 15 is 0 Å².